The Kier molecular flexibility index (Phi) is 6.99. The molecule has 0 spiro atoms. The van der Waals surface area contributed by atoms with Crippen LogP contribution in [0.5, 0.6) is 0 Å². The standard InChI is InChI=1S/C12H26N2O3/c1-10(9-15-2)13-5-6-14-7-11(16-3)12(8-14)17-4/h10-13H,5-9H2,1-4H3. The lowest BCUT2D eigenvalue weighted by Gasteiger charge is -2.18. The van der Waals surface area contributed by atoms with Crippen molar-refractivity contribution >= 4 is 0 Å². The third kappa shape index (κ3) is 4.89. The average molecular weight is 246 g/mol. The molecule has 0 radical (unpaired) electrons. The molecule has 3 unspecified atom stereocenters. The van der Waals surface area contributed by atoms with E-state index in [1.165, 1.54) is 0 Å². The van der Waals surface area contributed by atoms with Crippen molar-refractivity contribution in [3.63, 3.8) is 0 Å². The minimum absolute atomic E-state index is 0.205. The molecule has 0 aliphatic carbocycles. The van der Waals surface area contributed by atoms with Crippen LogP contribution < -0.4 is 5.32 Å². The third-order valence-electron chi connectivity index (χ3n) is 3.23. The fourth-order valence-electron chi connectivity index (χ4n) is 2.23. The van der Waals surface area contributed by atoms with E-state index in [0.29, 0.717) is 6.04 Å². The second kappa shape index (κ2) is 8.00. The van der Waals surface area contributed by atoms with Gasteiger partial charge in [0.1, 0.15) is 0 Å². The summed E-state index contributed by atoms with van der Waals surface area (Å²) in [4.78, 5) is 2.37. The Labute approximate surface area is 104 Å². The van der Waals surface area contributed by atoms with Gasteiger partial charge in [0.15, 0.2) is 0 Å². The number of hydrogen-bond acceptors (Lipinski definition) is 5. The van der Waals surface area contributed by atoms with Crippen molar-refractivity contribution in [1.82, 2.24) is 10.2 Å². The summed E-state index contributed by atoms with van der Waals surface area (Å²) in [5, 5.41) is 3.43. The van der Waals surface area contributed by atoms with Crippen LogP contribution in [0.2, 0.25) is 0 Å². The zero-order chi connectivity index (χ0) is 12.7. The van der Waals surface area contributed by atoms with Gasteiger partial charge in [0, 0.05) is 53.6 Å². The zero-order valence-electron chi connectivity index (χ0n) is 11.4. The van der Waals surface area contributed by atoms with Crippen LogP contribution in [0.15, 0.2) is 0 Å². The predicted molar refractivity (Wildman–Crippen MR) is 67.4 cm³/mol. The van der Waals surface area contributed by atoms with Gasteiger partial charge < -0.3 is 19.5 Å². The van der Waals surface area contributed by atoms with Gasteiger partial charge in [0.25, 0.3) is 0 Å². The number of hydrogen-bond donors (Lipinski definition) is 1. The summed E-state index contributed by atoms with van der Waals surface area (Å²) in [6, 6.07) is 0.402. The molecule has 1 N–H and O–H groups in total. The number of nitrogens with one attached hydrogen (secondary N) is 1. The molecule has 5 heteroatoms. The first-order valence-corrected chi connectivity index (χ1v) is 6.21. The molecule has 1 saturated heterocycles. The van der Waals surface area contributed by atoms with E-state index in [1.807, 2.05) is 0 Å². The SMILES string of the molecule is COCC(C)NCCN1CC(OC)C(OC)C1. The van der Waals surface area contributed by atoms with E-state index in [0.717, 1.165) is 32.8 Å². The van der Waals surface area contributed by atoms with E-state index >= 15 is 0 Å². The number of likely N-dealkylation sites (tertiary alicyclic amines) is 1. The first-order chi connectivity index (χ1) is 8.21. The molecule has 1 aliphatic heterocycles. The van der Waals surface area contributed by atoms with E-state index in [4.69, 9.17) is 14.2 Å². The molecule has 0 aromatic heterocycles. The molecule has 5 nitrogen and oxygen atoms in total. The Bertz CT molecular complexity index is 192. The van der Waals surface area contributed by atoms with Crippen LogP contribution in [0, 0.1) is 0 Å². The van der Waals surface area contributed by atoms with E-state index in [1.54, 1.807) is 21.3 Å². The summed E-state index contributed by atoms with van der Waals surface area (Å²) in [5.74, 6) is 0. The average Bonchev–Trinajstić information content (AvgIpc) is 2.72. The lowest BCUT2D eigenvalue weighted by Crippen LogP contribution is -2.37. The van der Waals surface area contributed by atoms with Crippen LogP contribution in [0.4, 0.5) is 0 Å². The van der Waals surface area contributed by atoms with Crippen molar-refractivity contribution in [2.24, 2.45) is 0 Å². The van der Waals surface area contributed by atoms with Gasteiger partial charge in [-0.15, -0.1) is 0 Å². The second-order valence-electron chi connectivity index (χ2n) is 4.62. The van der Waals surface area contributed by atoms with Crippen molar-refractivity contribution in [2.45, 2.75) is 25.2 Å². The first kappa shape index (κ1) is 14.9. The summed E-state index contributed by atoms with van der Waals surface area (Å²) in [7, 11) is 5.23. The zero-order valence-corrected chi connectivity index (χ0v) is 11.4. The van der Waals surface area contributed by atoms with Crippen LogP contribution in [0.25, 0.3) is 0 Å². The Morgan fingerprint density at radius 2 is 1.76 bits per heavy atom. The van der Waals surface area contributed by atoms with Gasteiger partial charge in [-0.3, -0.25) is 4.90 Å². The maximum Gasteiger partial charge on any atom is 0.0971 e. The Hall–Kier alpha value is -0.200. The van der Waals surface area contributed by atoms with Crippen molar-refractivity contribution in [1.29, 1.82) is 0 Å². The highest BCUT2D eigenvalue weighted by molar-refractivity contribution is 4.85. The number of rotatable bonds is 8. The van der Waals surface area contributed by atoms with Crippen LogP contribution in [0.3, 0.4) is 0 Å². The summed E-state index contributed by atoms with van der Waals surface area (Å²) in [5.41, 5.74) is 0. The molecular formula is C12H26N2O3. The molecule has 1 rings (SSSR count). The highest BCUT2D eigenvalue weighted by Crippen LogP contribution is 2.14. The molecule has 0 saturated carbocycles. The maximum absolute atomic E-state index is 5.40. The largest absolute Gasteiger partial charge is 0.383 e. The fourth-order valence-corrected chi connectivity index (χ4v) is 2.23. The van der Waals surface area contributed by atoms with Gasteiger partial charge in [-0.05, 0) is 6.92 Å². The molecule has 1 fully saturated rings. The van der Waals surface area contributed by atoms with Crippen molar-refractivity contribution < 1.29 is 14.2 Å². The van der Waals surface area contributed by atoms with Crippen LogP contribution >= 0.6 is 0 Å². The third-order valence-corrected chi connectivity index (χ3v) is 3.23. The van der Waals surface area contributed by atoms with Gasteiger partial charge in [0.05, 0.1) is 18.8 Å². The van der Waals surface area contributed by atoms with Gasteiger partial charge in [0.2, 0.25) is 0 Å². The molecule has 0 bridgehead atoms. The smallest absolute Gasteiger partial charge is 0.0971 e. The lowest BCUT2D eigenvalue weighted by atomic mass is 10.3. The summed E-state index contributed by atoms with van der Waals surface area (Å²) in [6.45, 7) is 6.78. The quantitative estimate of drug-likeness (QED) is 0.651. The normalized spacial score (nSPS) is 27.5. The molecule has 1 heterocycles. The van der Waals surface area contributed by atoms with E-state index in [9.17, 15) is 0 Å². The van der Waals surface area contributed by atoms with Gasteiger partial charge in [-0.1, -0.05) is 0 Å². The van der Waals surface area contributed by atoms with Gasteiger partial charge >= 0.3 is 0 Å². The monoisotopic (exact) mass is 246 g/mol. The lowest BCUT2D eigenvalue weighted by molar-refractivity contribution is -0.00461. The second-order valence-corrected chi connectivity index (χ2v) is 4.62. The molecule has 0 amide bonds. The fraction of sp³-hybridized carbons (Fsp3) is 1.00. The molecule has 0 aromatic carbocycles. The van der Waals surface area contributed by atoms with Crippen LogP contribution in [-0.4, -0.2) is 77.3 Å². The van der Waals surface area contributed by atoms with Crippen molar-refractivity contribution in [3.8, 4) is 0 Å². The number of ether oxygens (including phenoxy) is 3. The molecule has 1 aliphatic rings. The van der Waals surface area contributed by atoms with Crippen LogP contribution in [0.1, 0.15) is 6.92 Å². The predicted octanol–water partition coefficient (Wildman–Crippen LogP) is -0.0435. The van der Waals surface area contributed by atoms with Gasteiger partial charge in [-0.25, -0.2) is 0 Å². The summed E-state index contributed by atoms with van der Waals surface area (Å²) in [6.07, 6.45) is 0.410. The Balaban J connectivity index is 2.16. The Morgan fingerprint density at radius 3 is 2.24 bits per heavy atom. The molecule has 17 heavy (non-hydrogen) atoms. The van der Waals surface area contributed by atoms with E-state index in [-0.39, 0.29) is 12.2 Å². The van der Waals surface area contributed by atoms with Crippen molar-refractivity contribution in [3.05, 3.63) is 0 Å². The molecular weight excluding hydrogens is 220 g/mol. The Morgan fingerprint density at radius 1 is 1.18 bits per heavy atom. The van der Waals surface area contributed by atoms with E-state index < -0.39 is 0 Å². The summed E-state index contributed by atoms with van der Waals surface area (Å²) < 4.78 is 15.9. The minimum Gasteiger partial charge on any atom is -0.383 e. The molecule has 3 atom stereocenters. The minimum atomic E-state index is 0.205. The number of methoxy groups -OCH3 is 3. The van der Waals surface area contributed by atoms with Gasteiger partial charge in [-0.2, -0.15) is 0 Å². The topological polar surface area (TPSA) is 43.0 Å². The maximum atomic E-state index is 5.40. The first-order valence-electron chi connectivity index (χ1n) is 6.21. The molecule has 0 aromatic rings. The highest BCUT2D eigenvalue weighted by atomic mass is 16.5. The molecule has 102 valence electrons. The van der Waals surface area contributed by atoms with Crippen LogP contribution in [-0.2, 0) is 14.2 Å². The number of nitrogens with zero attached hydrogens (tertiary/aromatic N) is 1. The summed E-state index contributed by atoms with van der Waals surface area (Å²) >= 11 is 0. The highest BCUT2D eigenvalue weighted by Gasteiger charge is 2.32. The van der Waals surface area contributed by atoms with Crippen molar-refractivity contribution in [2.75, 3.05) is 54.1 Å². The van der Waals surface area contributed by atoms with E-state index in [2.05, 4.69) is 17.1 Å².